The van der Waals surface area contributed by atoms with Crippen molar-refractivity contribution in [3.05, 3.63) is 42.2 Å². The van der Waals surface area contributed by atoms with Crippen molar-refractivity contribution in [1.82, 2.24) is 19.8 Å². The molecule has 0 atom stereocenters. The lowest BCUT2D eigenvalue weighted by atomic mass is 9.95. The number of nitrogens with zero attached hydrogens (tertiary/aromatic N) is 5. The van der Waals surface area contributed by atoms with Crippen LogP contribution in [-0.2, 0) is 11.8 Å². The molecule has 0 amide bonds. The molecule has 40 heavy (non-hydrogen) atoms. The van der Waals surface area contributed by atoms with Crippen LogP contribution in [0.15, 0.2) is 36.4 Å². The van der Waals surface area contributed by atoms with Gasteiger partial charge in [0.05, 0.1) is 11.2 Å². The van der Waals surface area contributed by atoms with Gasteiger partial charge in [-0.05, 0) is 94.3 Å². The lowest BCUT2D eigenvalue weighted by molar-refractivity contribution is 0.0766. The quantitative estimate of drug-likeness (QED) is 0.449. The third kappa shape index (κ3) is 5.88. The second kappa shape index (κ2) is 12.1. The van der Waals surface area contributed by atoms with Gasteiger partial charge in [-0.2, -0.15) is 0 Å². The highest BCUT2D eigenvalue weighted by Crippen LogP contribution is 2.36. The average molecular weight is 545 g/mol. The van der Waals surface area contributed by atoms with Crippen LogP contribution >= 0.6 is 0 Å². The van der Waals surface area contributed by atoms with Crippen molar-refractivity contribution in [2.24, 2.45) is 13.0 Å². The van der Waals surface area contributed by atoms with Crippen molar-refractivity contribution < 1.29 is 4.74 Å². The van der Waals surface area contributed by atoms with Crippen LogP contribution in [0.25, 0.3) is 22.2 Å². The zero-order chi connectivity index (χ0) is 27.6. The summed E-state index contributed by atoms with van der Waals surface area (Å²) >= 11 is 0. The maximum absolute atomic E-state index is 5.53. The number of piperidine rings is 1. The van der Waals surface area contributed by atoms with Crippen LogP contribution in [0.5, 0.6) is 0 Å². The second-order valence-corrected chi connectivity index (χ2v) is 12.5. The van der Waals surface area contributed by atoms with E-state index in [0.717, 1.165) is 89.1 Å². The van der Waals surface area contributed by atoms with E-state index < -0.39 is 0 Å². The van der Waals surface area contributed by atoms with Crippen LogP contribution in [-0.4, -0.2) is 85.6 Å². The molecule has 216 valence electrons. The Kier molecular flexibility index (Phi) is 8.33. The molecule has 7 nitrogen and oxygen atoms in total. The van der Waals surface area contributed by atoms with Crippen LogP contribution in [0.3, 0.4) is 0 Å². The number of hydrogen-bond donors (Lipinski definition) is 1. The molecule has 0 aliphatic carbocycles. The van der Waals surface area contributed by atoms with E-state index in [1.807, 2.05) is 0 Å². The molecule has 7 heteroatoms. The fourth-order valence-corrected chi connectivity index (χ4v) is 6.77. The summed E-state index contributed by atoms with van der Waals surface area (Å²) in [4.78, 5) is 12.7. The van der Waals surface area contributed by atoms with Crippen LogP contribution in [0.2, 0.25) is 0 Å². The molecule has 0 bridgehead atoms. The normalized spacial score (nSPS) is 20.2. The number of piperazine rings is 1. The topological polar surface area (TPSA) is 48.8 Å². The van der Waals surface area contributed by atoms with E-state index in [1.54, 1.807) is 0 Å². The molecule has 6 rings (SSSR count). The summed E-state index contributed by atoms with van der Waals surface area (Å²) in [5.41, 5.74) is 7.55. The molecule has 2 aromatic carbocycles. The van der Waals surface area contributed by atoms with Gasteiger partial charge in [0, 0.05) is 77.3 Å². The standard InChI is InChI=1S/C33H48N6O/c1-24(2)37-15-17-38(18-16-37)30-7-5-27(6-8-30)28-21-31-33(35-25(3)36(31)4)32(22-28)39-13-9-26(10-14-39)23-34-29-11-19-40-20-12-29/h5-8,21-22,24,26,29,34H,9-20,23H2,1-4H3. The van der Waals surface area contributed by atoms with Crippen LogP contribution in [0.4, 0.5) is 11.4 Å². The minimum Gasteiger partial charge on any atom is -0.381 e. The first-order valence-electron chi connectivity index (χ1n) is 15.6. The lowest BCUT2D eigenvalue weighted by Gasteiger charge is -2.38. The van der Waals surface area contributed by atoms with Crippen molar-refractivity contribution in [2.75, 3.05) is 68.8 Å². The average Bonchev–Trinajstić information content (AvgIpc) is 3.29. The molecule has 3 aliphatic rings. The highest BCUT2D eigenvalue weighted by molar-refractivity contribution is 5.94. The highest BCUT2D eigenvalue weighted by Gasteiger charge is 2.24. The number of imidazole rings is 1. The van der Waals surface area contributed by atoms with Crippen molar-refractivity contribution in [1.29, 1.82) is 0 Å². The summed E-state index contributed by atoms with van der Waals surface area (Å²) in [6.45, 7) is 16.3. The van der Waals surface area contributed by atoms with E-state index in [9.17, 15) is 0 Å². The predicted molar refractivity (Wildman–Crippen MR) is 167 cm³/mol. The largest absolute Gasteiger partial charge is 0.381 e. The molecule has 4 heterocycles. The van der Waals surface area contributed by atoms with Crippen LogP contribution in [0.1, 0.15) is 45.4 Å². The SMILES string of the molecule is Cc1nc2c(N3CCC(CNC4CCOCC4)CC3)cc(-c3ccc(N4CCN(C(C)C)CC4)cc3)cc2n1C. The Morgan fingerprint density at radius 1 is 0.875 bits per heavy atom. The highest BCUT2D eigenvalue weighted by atomic mass is 16.5. The fourth-order valence-electron chi connectivity index (χ4n) is 6.77. The summed E-state index contributed by atoms with van der Waals surface area (Å²) in [6, 6.07) is 15.2. The lowest BCUT2D eigenvalue weighted by Crippen LogP contribution is -2.48. The Balaban J connectivity index is 1.17. The van der Waals surface area contributed by atoms with E-state index in [-0.39, 0.29) is 0 Å². The van der Waals surface area contributed by atoms with Crippen molar-refractivity contribution >= 4 is 22.4 Å². The number of fused-ring (bicyclic) bond motifs is 1. The smallest absolute Gasteiger partial charge is 0.112 e. The Morgan fingerprint density at radius 2 is 1.57 bits per heavy atom. The van der Waals surface area contributed by atoms with Gasteiger partial charge in [0.2, 0.25) is 0 Å². The summed E-state index contributed by atoms with van der Waals surface area (Å²) < 4.78 is 7.77. The molecule has 3 aromatic rings. The maximum atomic E-state index is 5.53. The van der Waals surface area contributed by atoms with Crippen molar-refractivity contribution in [3.63, 3.8) is 0 Å². The van der Waals surface area contributed by atoms with Crippen LogP contribution < -0.4 is 15.1 Å². The van der Waals surface area contributed by atoms with Gasteiger partial charge in [-0.25, -0.2) is 4.98 Å². The Labute approximate surface area is 240 Å². The maximum Gasteiger partial charge on any atom is 0.112 e. The third-order valence-electron chi connectivity index (χ3n) is 9.67. The van der Waals surface area contributed by atoms with Gasteiger partial charge in [0.25, 0.3) is 0 Å². The number of rotatable bonds is 7. The van der Waals surface area contributed by atoms with Gasteiger partial charge in [-0.15, -0.1) is 0 Å². The Bertz CT molecular complexity index is 1260. The van der Waals surface area contributed by atoms with Crippen molar-refractivity contribution in [3.8, 4) is 11.1 Å². The van der Waals surface area contributed by atoms with Gasteiger partial charge in [-0.3, -0.25) is 4.90 Å². The zero-order valence-electron chi connectivity index (χ0n) is 25.0. The molecule has 3 saturated heterocycles. The van der Waals surface area contributed by atoms with Crippen molar-refractivity contribution in [2.45, 2.75) is 58.5 Å². The first kappa shape index (κ1) is 27.6. The summed E-state index contributed by atoms with van der Waals surface area (Å²) in [5.74, 6) is 1.82. The molecular weight excluding hydrogens is 496 g/mol. The number of aryl methyl sites for hydroxylation is 2. The molecule has 3 aliphatic heterocycles. The summed E-state index contributed by atoms with van der Waals surface area (Å²) in [7, 11) is 2.15. The van der Waals surface area contributed by atoms with E-state index >= 15 is 0 Å². The molecule has 1 N–H and O–H groups in total. The molecule has 0 radical (unpaired) electrons. The van der Waals surface area contributed by atoms with E-state index in [2.05, 4.69) is 88.8 Å². The molecule has 1 aromatic heterocycles. The number of nitrogens with one attached hydrogen (secondary N) is 1. The number of ether oxygens (including phenoxy) is 1. The number of anilines is 2. The molecule has 0 saturated carbocycles. The first-order chi connectivity index (χ1) is 19.5. The second-order valence-electron chi connectivity index (χ2n) is 12.5. The van der Waals surface area contributed by atoms with Gasteiger partial charge >= 0.3 is 0 Å². The fraction of sp³-hybridized carbons (Fsp3) is 0.606. The minimum atomic E-state index is 0.629. The van der Waals surface area contributed by atoms with E-state index in [4.69, 9.17) is 9.72 Å². The predicted octanol–water partition coefficient (Wildman–Crippen LogP) is 5.06. The molecule has 0 unspecified atom stereocenters. The summed E-state index contributed by atoms with van der Waals surface area (Å²) in [5, 5.41) is 3.83. The van der Waals surface area contributed by atoms with E-state index in [1.165, 1.54) is 40.9 Å². The van der Waals surface area contributed by atoms with Gasteiger partial charge in [0.1, 0.15) is 11.3 Å². The molecule has 0 spiro atoms. The number of benzene rings is 2. The monoisotopic (exact) mass is 544 g/mol. The van der Waals surface area contributed by atoms with Gasteiger partial charge in [0.15, 0.2) is 0 Å². The Hall–Kier alpha value is -2.61. The van der Waals surface area contributed by atoms with Crippen LogP contribution in [0, 0.1) is 12.8 Å². The zero-order valence-corrected chi connectivity index (χ0v) is 25.0. The minimum absolute atomic E-state index is 0.629. The number of aromatic nitrogens is 2. The molecule has 3 fully saturated rings. The van der Waals surface area contributed by atoms with Gasteiger partial charge < -0.3 is 24.4 Å². The summed E-state index contributed by atoms with van der Waals surface area (Å²) in [6.07, 6.45) is 4.76. The Morgan fingerprint density at radius 3 is 2.25 bits per heavy atom. The number of hydrogen-bond acceptors (Lipinski definition) is 6. The molecular formula is C33H48N6O. The third-order valence-corrected chi connectivity index (χ3v) is 9.67. The first-order valence-corrected chi connectivity index (χ1v) is 15.6. The van der Waals surface area contributed by atoms with E-state index in [0.29, 0.717) is 12.1 Å². The van der Waals surface area contributed by atoms with Gasteiger partial charge in [-0.1, -0.05) is 12.1 Å².